The summed E-state index contributed by atoms with van der Waals surface area (Å²) in [7, 11) is 0. The Morgan fingerprint density at radius 3 is 2.74 bits per heavy atom. The van der Waals surface area contributed by atoms with Gasteiger partial charge in [-0.3, -0.25) is 4.79 Å². The van der Waals surface area contributed by atoms with E-state index in [0.29, 0.717) is 24.1 Å². The predicted molar refractivity (Wildman–Crippen MR) is 118 cm³/mol. The zero-order chi connectivity index (χ0) is 21.8. The first-order valence-corrected chi connectivity index (χ1v) is 10.1. The van der Waals surface area contributed by atoms with Crippen molar-refractivity contribution in [3.05, 3.63) is 94.5 Å². The second kappa shape index (κ2) is 9.03. The lowest BCUT2D eigenvalue weighted by Gasteiger charge is -2.07. The second-order valence-corrected chi connectivity index (χ2v) is 7.51. The van der Waals surface area contributed by atoms with Gasteiger partial charge in [0, 0.05) is 29.5 Å². The highest BCUT2D eigenvalue weighted by Crippen LogP contribution is 2.32. The van der Waals surface area contributed by atoms with Gasteiger partial charge in [-0.25, -0.2) is 4.39 Å². The minimum Gasteiger partial charge on any atom is -0.460 e. The molecule has 0 saturated heterocycles. The van der Waals surface area contributed by atoms with Crippen LogP contribution in [-0.2, 0) is 6.42 Å². The van der Waals surface area contributed by atoms with E-state index in [1.807, 2.05) is 42.5 Å². The van der Waals surface area contributed by atoms with Crippen molar-refractivity contribution in [3.63, 3.8) is 0 Å². The summed E-state index contributed by atoms with van der Waals surface area (Å²) in [5, 5.41) is 12.4. The van der Waals surface area contributed by atoms with E-state index < -0.39 is 5.82 Å². The molecule has 0 atom stereocenters. The van der Waals surface area contributed by atoms with Crippen LogP contribution in [0.1, 0.15) is 28.1 Å². The lowest BCUT2D eigenvalue weighted by molar-refractivity contribution is 0.0954. The minimum absolute atomic E-state index is 0.0826. The average molecular weight is 433 g/mol. The second-order valence-electron chi connectivity index (χ2n) is 7.11. The summed E-state index contributed by atoms with van der Waals surface area (Å²) in [5.74, 6) is 0.0574. The zero-order valence-corrected chi connectivity index (χ0v) is 17.2. The van der Waals surface area contributed by atoms with Gasteiger partial charge in [0.25, 0.3) is 5.91 Å². The van der Waals surface area contributed by atoms with Gasteiger partial charge in [-0.15, -0.1) is 0 Å². The Morgan fingerprint density at radius 1 is 1.10 bits per heavy atom. The Bertz CT molecular complexity index is 1310. The number of benzene rings is 3. The number of carbonyl (C=O) groups is 1. The Labute approximate surface area is 183 Å². The van der Waals surface area contributed by atoms with Crippen LogP contribution in [0, 0.1) is 17.1 Å². The molecule has 1 aromatic heterocycles. The van der Waals surface area contributed by atoms with E-state index in [9.17, 15) is 9.18 Å². The van der Waals surface area contributed by atoms with Crippen molar-refractivity contribution in [1.82, 2.24) is 5.32 Å². The van der Waals surface area contributed by atoms with E-state index >= 15 is 0 Å². The van der Waals surface area contributed by atoms with E-state index in [1.54, 1.807) is 24.3 Å². The summed E-state index contributed by atoms with van der Waals surface area (Å²) < 4.78 is 19.6. The molecule has 0 spiro atoms. The number of nitrogens with one attached hydrogen (secondary N) is 1. The topological polar surface area (TPSA) is 66.0 Å². The molecule has 0 fully saturated rings. The van der Waals surface area contributed by atoms with Crippen LogP contribution in [0.5, 0.6) is 0 Å². The largest absolute Gasteiger partial charge is 0.460 e. The predicted octanol–water partition coefficient (Wildman–Crippen LogP) is 6.13. The van der Waals surface area contributed by atoms with E-state index in [1.165, 1.54) is 6.07 Å². The summed E-state index contributed by atoms with van der Waals surface area (Å²) in [6.45, 7) is 0.310. The SMILES string of the molecule is N#CCCNC(=O)c1cccc(-c2cccc3cc(Cc4ccc(F)c(Cl)c4)oc23)c1. The third-order valence-corrected chi connectivity index (χ3v) is 5.21. The van der Waals surface area contributed by atoms with Crippen LogP contribution in [0.15, 0.2) is 71.1 Å². The molecule has 4 aromatic rings. The lowest BCUT2D eigenvalue weighted by Crippen LogP contribution is -2.24. The maximum atomic E-state index is 13.4. The Morgan fingerprint density at radius 2 is 1.94 bits per heavy atom. The number of carbonyl (C=O) groups excluding carboxylic acids is 1. The number of halogens is 2. The highest BCUT2D eigenvalue weighted by molar-refractivity contribution is 6.30. The highest BCUT2D eigenvalue weighted by atomic mass is 35.5. The minimum atomic E-state index is -0.450. The number of nitrogens with zero attached hydrogens (tertiary/aromatic N) is 1. The fraction of sp³-hybridized carbons (Fsp3) is 0.120. The number of hydrogen-bond acceptors (Lipinski definition) is 3. The van der Waals surface area contributed by atoms with E-state index in [-0.39, 0.29) is 17.4 Å². The van der Waals surface area contributed by atoms with E-state index in [2.05, 4.69) is 5.32 Å². The molecule has 0 aliphatic heterocycles. The maximum absolute atomic E-state index is 13.4. The smallest absolute Gasteiger partial charge is 0.251 e. The maximum Gasteiger partial charge on any atom is 0.251 e. The number of amides is 1. The molecular formula is C25H18ClFN2O2. The number of furan rings is 1. The molecule has 1 amide bonds. The first kappa shape index (κ1) is 20.6. The number of hydrogen-bond donors (Lipinski definition) is 1. The summed E-state index contributed by atoms with van der Waals surface area (Å²) in [6.07, 6.45) is 0.745. The molecule has 4 rings (SSSR count). The first-order valence-electron chi connectivity index (χ1n) is 9.76. The lowest BCUT2D eigenvalue weighted by atomic mass is 10.0. The number of fused-ring (bicyclic) bond motifs is 1. The molecule has 0 aliphatic carbocycles. The normalized spacial score (nSPS) is 10.7. The number of rotatable bonds is 6. The van der Waals surface area contributed by atoms with Crippen LogP contribution in [-0.4, -0.2) is 12.5 Å². The van der Waals surface area contributed by atoms with Gasteiger partial charge in [0.15, 0.2) is 0 Å². The molecule has 154 valence electrons. The van der Waals surface area contributed by atoms with Crippen LogP contribution in [0.4, 0.5) is 4.39 Å². The van der Waals surface area contributed by atoms with Crippen LogP contribution in [0.2, 0.25) is 5.02 Å². The third-order valence-electron chi connectivity index (χ3n) is 4.92. The highest BCUT2D eigenvalue weighted by Gasteiger charge is 2.13. The van der Waals surface area contributed by atoms with Gasteiger partial charge < -0.3 is 9.73 Å². The Hall–Kier alpha value is -3.62. The van der Waals surface area contributed by atoms with Gasteiger partial charge in [-0.05, 0) is 41.5 Å². The fourth-order valence-corrected chi connectivity index (χ4v) is 3.65. The number of para-hydroxylation sites is 1. The monoisotopic (exact) mass is 432 g/mol. The summed E-state index contributed by atoms with van der Waals surface area (Å²) >= 11 is 5.89. The number of nitriles is 1. The van der Waals surface area contributed by atoms with Gasteiger partial charge >= 0.3 is 0 Å². The van der Waals surface area contributed by atoms with Gasteiger partial charge in [0.2, 0.25) is 0 Å². The Kier molecular flexibility index (Phi) is 6.01. The van der Waals surface area contributed by atoms with Crippen LogP contribution in [0.25, 0.3) is 22.1 Å². The molecule has 1 N–H and O–H groups in total. The van der Waals surface area contributed by atoms with Crippen molar-refractivity contribution in [1.29, 1.82) is 5.26 Å². The molecule has 0 aliphatic rings. The molecule has 0 saturated carbocycles. The van der Waals surface area contributed by atoms with Crippen LogP contribution < -0.4 is 5.32 Å². The van der Waals surface area contributed by atoms with Gasteiger partial charge in [-0.1, -0.05) is 48.0 Å². The molecule has 6 heteroatoms. The van der Waals surface area contributed by atoms with Crippen molar-refractivity contribution in [2.45, 2.75) is 12.8 Å². The van der Waals surface area contributed by atoms with Crippen molar-refractivity contribution in [3.8, 4) is 17.2 Å². The van der Waals surface area contributed by atoms with Gasteiger partial charge in [0.1, 0.15) is 17.2 Å². The molecular weight excluding hydrogens is 415 g/mol. The van der Waals surface area contributed by atoms with Crippen LogP contribution >= 0.6 is 11.6 Å². The molecule has 1 heterocycles. The summed E-state index contributed by atoms with van der Waals surface area (Å²) in [6, 6.07) is 21.7. The summed E-state index contributed by atoms with van der Waals surface area (Å²) in [5.41, 5.74) is 3.80. The van der Waals surface area contributed by atoms with E-state index in [4.69, 9.17) is 21.3 Å². The van der Waals surface area contributed by atoms with Crippen molar-refractivity contribution in [2.24, 2.45) is 0 Å². The molecule has 0 unspecified atom stereocenters. The fourth-order valence-electron chi connectivity index (χ4n) is 3.44. The molecule has 3 aromatic carbocycles. The van der Waals surface area contributed by atoms with Gasteiger partial charge in [-0.2, -0.15) is 5.26 Å². The first-order chi connectivity index (χ1) is 15.0. The average Bonchev–Trinajstić information content (AvgIpc) is 3.19. The molecule has 0 radical (unpaired) electrons. The van der Waals surface area contributed by atoms with Crippen molar-refractivity contribution < 1.29 is 13.6 Å². The zero-order valence-electron chi connectivity index (χ0n) is 16.5. The molecule has 0 bridgehead atoms. The molecule has 4 nitrogen and oxygen atoms in total. The van der Waals surface area contributed by atoms with Crippen molar-refractivity contribution in [2.75, 3.05) is 6.54 Å². The standard InChI is InChI=1S/C25H18ClFN2O2/c26-22-13-16(8-9-23(22)27)12-20-15-18-5-2-7-21(24(18)31-20)17-4-1-6-19(14-17)25(30)29-11-3-10-28/h1-2,4-9,13-15H,3,11-12H2,(H,29,30). The summed E-state index contributed by atoms with van der Waals surface area (Å²) in [4.78, 5) is 12.3. The Balaban J connectivity index is 1.64. The van der Waals surface area contributed by atoms with E-state index in [0.717, 1.165) is 27.8 Å². The third kappa shape index (κ3) is 4.60. The molecule has 31 heavy (non-hydrogen) atoms. The van der Waals surface area contributed by atoms with Gasteiger partial charge in [0.05, 0.1) is 17.5 Å². The quantitative estimate of drug-likeness (QED) is 0.373. The van der Waals surface area contributed by atoms with Crippen LogP contribution in [0.3, 0.4) is 0 Å². The van der Waals surface area contributed by atoms with Crippen molar-refractivity contribution >= 4 is 28.5 Å².